The van der Waals surface area contributed by atoms with Crippen LogP contribution in [-0.4, -0.2) is 35.1 Å². The summed E-state index contributed by atoms with van der Waals surface area (Å²) in [4.78, 5) is 31.3. The summed E-state index contributed by atoms with van der Waals surface area (Å²) in [5.74, 6) is -0.404. The Morgan fingerprint density at radius 3 is 2.44 bits per heavy atom. The smallest absolute Gasteiger partial charge is 0.338 e. The van der Waals surface area contributed by atoms with Gasteiger partial charge in [-0.15, -0.1) is 0 Å². The Bertz CT molecular complexity index is 889. The first-order chi connectivity index (χ1) is 13.1. The Labute approximate surface area is 162 Å². The lowest BCUT2D eigenvalue weighted by atomic mass is 10.2. The number of nitrogens with zero attached hydrogens (tertiary/aromatic N) is 2. The van der Waals surface area contributed by atoms with Gasteiger partial charge in [-0.3, -0.25) is 9.69 Å². The van der Waals surface area contributed by atoms with Gasteiger partial charge in [-0.05, 0) is 61.5 Å². The van der Waals surface area contributed by atoms with Crippen LogP contribution in [0.1, 0.15) is 29.8 Å². The van der Waals surface area contributed by atoms with E-state index in [1.165, 1.54) is 11.8 Å². The zero-order chi connectivity index (χ0) is 19.2. The van der Waals surface area contributed by atoms with Gasteiger partial charge in [0.2, 0.25) is 0 Å². The maximum atomic E-state index is 12.7. The highest BCUT2D eigenvalue weighted by Gasteiger charge is 2.32. The highest BCUT2D eigenvalue weighted by atomic mass is 32.2. The lowest BCUT2D eigenvalue weighted by Gasteiger charge is -2.12. The van der Waals surface area contributed by atoms with E-state index in [0.29, 0.717) is 34.5 Å². The third-order valence-corrected chi connectivity index (χ3v) is 4.91. The van der Waals surface area contributed by atoms with Gasteiger partial charge in [0.25, 0.3) is 5.91 Å². The second-order valence-electron chi connectivity index (χ2n) is 5.73. The largest absolute Gasteiger partial charge is 0.462 e. The molecule has 1 aliphatic heterocycles. The molecule has 0 atom stereocenters. The van der Waals surface area contributed by atoms with E-state index >= 15 is 0 Å². The first kappa shape index (κ1) is 18.9. The third kappa shape index (κ3) is 4.46. The van der Waals surface area contributed by atoms with E-state index in [9.17, 15) is 9.59 Å². The first-order valence-electron chi connectivity index (χ1n) is 8.74. The molecule has 0 aromatic heterocycles. The number of benzene rings is 2. The molecule has 0 saturated carbocycles. The molecule has 138 valence electrons. The molecule has 6 heteroatoms. The molecule has 0 spiro atoms. The molecule has 0 N–H and O–H groups in total. The minimum absolute atomic E-state index is 0.0479. The molecular formula is C21H20N2O3S. The van der Waals surface area contributed by atoms with Gasteiger partial charge in [-0.25, -0.2) is 9.79 Å². The predicted octanol–water partition coefficient (Wildman–Crippen LogP) is 4.49. The standard InChI is InChI=1S/C21H20N2O3S/c1-3-23-19(24)18(14-15-8-6-5-7-9-15)27-21(23)22-17-12-10-16(11-13-17)20(25)26-4-2/h5-14H,3-4H2,1-2H3. The maximum Gasteiger partial charge on any atom is 0.338 e. The molecular weight excluding hydrogens is 360 g/mol. The Morgan fingerprint density at radius 2 is 1.81 bits per heavy atom. The molecule has 1 heterocycles. The minimum atomic E-state index is -0.356. The van der Waals surface area contributed by atoms with E-state index in [1.807, 2.05) is 43.3 Å². The number of thioether (sulfide) groups is 1. The van der Waals surface area contributed by atoms with Gasteiger partial charge in [-0.2, -0.15) is 0 Å². The van der Waals surface area contributed by atoms with Crippen LogP contribution in [0.25, 0.3) is 6.08 Å². The number of carbonyl (C=O) groups excluding carboxylic acids is 2. The summed E-state index contributed by atoms with van der Waals surface area (Å²) in [5, 5.41) is 0.633. The molecule has 1 amide bonds. The van der Waals surface area contributed by atoms with E-state index in [-0.39, 0.29) is 11.9 Å². The summed E-state index contributed by atoms with van der Waals surface area (Å²) in [7, 11) is 0. The fraction of sp³-hybridized carbons (Fsp3) is 0.190. The number of esters is 1. The lowest BCUT2D eigenvalue weighted by molar-refractivity contribution is -0.122. The first-order valence-corrected chi connectivity index (χ1v) is 9.56. The van der Waals surface area contributed by atoms with E-state index in [4.69, 9.17) is 4.74 Å². The number of rotatable bonds is 5. The van der Waals surface area contributed by atoms with Crippen LogP contribution in [0.3, 0.4) is 0 Å². The van der Waals surface area contributed by atoms with E-state index in [2.05, 4.69) is 4.99 Å². The Balaban J connectivity index is 1.84. The van der Waals surface area contributed by atoms with Crippen molar-refractivity contribution in [2.24, 2.45) is 4.99 Å². The van der Waals surface area contributed by atoms with Crippen molar-refractivity contribution < 1.29 is 14.3 Å². The normalized spacial score (nSPS) is 17.0. The Kier molecular flexibility index (Phi) is 6.08. The van der Waals surface area contributed by atoms with Gasteiger partial charge in [0.15, 0.2) is 5.17 Å². The summed E-state index contributed by atoms with van der Waals surface area (Å²) >= 11 is 1.36. The number of amides is 1. The Hall–Kier alpha value is -2.86. The monoisotopic (exact) mass is 380 g/mol. The second-order valence-corrected chi connectivity index (χ2v) is 6.74. The van der Waals surface area contributed by atoms with Crippen LogP contribution < -0.4 is 0 Å². The topological polar surface area (TPSA) is 59.0 Å². The van der Waals surface area contributed by atoms with Gasteiger partial charge < -0.3 is 4.74 Å². The average Bonchev–Trinajstić information content (AvgIpc) is 2.97. The molecule has 1 aliphatic rings. The van der Waals surface area contributed by atoms with Crippen LogP contribution in [-0.2, 0) is 9.53 Å². The number of aliphatic imine (C=N–C) groups is 1. The minimum Gasteiger partial charge on any atom is -0.462 e. The molecule has 0 radical (unpaired) electrons. The molecule has 2 aromatic rings. The summed E-state index contributed by atoms with van der Waals surface area (Å²) in [5.41, 5.74) is 2.13. The predicted molar refractivity (Wildman–Crippen MR) is 109 cm³/mol. The molecule has 3 rings (SSSR count). The molecule has 2 aromatic carbocycles. The summed E-state index contributed by atoms with van der Waals surface area (Å²) < 4.78 is 4.98. The van der Waals surface area contributed by atoms with Crippen molar-refractivity contribution in [3.63, 3.8) is 0 Å². The second kappa shape index (κ2) is 8.68. The van der Waals surface area contributed by atoms with Crippen molar-refractivity contribution in [2.75, 3.05) is 13.2 Å². The van der Waals surface area contributed by atoms with Crippen molar-refractivity contribution in [3.8, 4) is 0 Å². The summed E-state index contributed by atoms with van der Waals surface area (Å²) in [6.45, 7) is 4.57. The number of hydrogen-bond acceptors (Lipinski definition) is 5. The van der Waals surface area contributed by atoms with Crippen molar-refractivity contribution in [3.05, 3.63) is 70.6 Å². The van der Waals surface area contributed by atoms with Crippen LogP contribution in [0.4, 0.5) is 5.69 Å². The fourth-order valence-corrected chi connectivity index (χ4v) is 3.63. The van der Waals surface area contributed by atoms with E-state index < -0.39 is 0 Å². The van der Waals surface area contributed by atoms with Gasteiger partial charge >= 0.3 is 5.97 Å². The molecule has 1 saturated heterocycles. The van der Waals surface area contributed by atoms with Crippen LogP contribution in [0.15, 0.2) is 64.5 Å². The van der Waals surface area contributed by atoms with Crippen molar-refractivity contribution in [1.82, 2.24) is 4.90 Å². The third-order valence-electron chi connectivity index (χ3n) is 3.90. The average molecular weight is 380 g/mol. The summed E-state index contributed by atoms with van der Waals surface area (Å²) in [6.07, 6.45) is 1.88. The van der Waals surface area contributed by atoms with Gasteiger partial charge in [-0.1, -0.05) is 30.3 Å². The SMILES string of the molecule is CCOC(=O)c1ccc(N=C2SC(=Cc3ccccc3)C(=O)N2CC)cc1. The van der Waals surface area contributed by atoms with Crippen LogP contribution >= 0.6 is 11.8 Å². The van der Waals surface area contributed by atoms with Gasteiger partial charge in [0, 0.05) is 6.54 Å². The number of carbonyl (C=O) groups is 2. The quantitative estimate of drug-likeness (QED) is 0.567. The van der Waals surface area contributed by atoms with Crippen molar-refractivity contribution in [1.29, 1.82) is 0 Å². The molecule has 5 nitrogen and oxygen atoms in total. The van der Waals surface area contributed by atoms with E-state index in [1.54, 1.807) is 36.1 Å². The number of hydrogen-bond donors (Lipinski definition) is 0. The number of amidine groups is 1. The number of likely N-dealkylation sites (N-methyl/N-ethyl adjacent to an activating group) is 1. The zero-order valence-electron chi connectivity index (χ0n) is 15.2. The Morgan fingerprint density at radius 1 is 1.11 bits per heavy atom. The van der Waals surface area contributed by atoms with E-state index in [0.717, 1.165) is 5.56 Å². The fourth-order valence-electron chi connectivity index (χ4n) is 2.57. The molecule has 27 heavy (non-hydrogen) atoms. The van der Waals surface area contributed by atoms with Crippen LogP contribution in [0, 0.1) is 0 Å². The number of ether oxygens (including phenoxy) is 1. The van der Waals surface area contributed by atoms with Crippen LogP contribution in [0.2, 0.25) is 0 Å². The van der Waals surface area contributed by atoms with Crippen molar-refractivity contribution >= 4 is 40.6 Å². The molecule has 1 fully saturated rings. The van der Waals surface area contributed by atoms with Crippen molar-refractivity contribution in [2.45, 2.75) is 13.8 Å². The molecule has 0 bridgehead atoms. The van der Waals surface area contributed by atoms with Gasteiger partial charge in [0.05, 0.1) is 22.8 Å². The lowest BCUT2D eigenvalue weighted by Crippen LogP contribution is -2.28. The zero-order valence-corrected chi connectivity index (χ0v) is 16.0. The highest BCUT2D eigenvalue weighted by molar-refractivity contribution is 8.18. The van der Waals surface area contributed by atoms with Crippen LogP contribution in [0.5, 0.6) is 0 Å². The maximum absolute atomic E-state index is 12.7. The van der Waals surface area contributed by atoms with Gasteiger partial charge in [0.1, 0.15) is 0 Å². The molecule has 0 aliphatic carbocycles. The summed E-state index contributed by atoms with van der Waals surface area (Å²) in [6, 6.07) is 16.6. The highest BCUT2D eigenvalue weighted by Crippen LogP contribution is 2.34. The molecule has 0 unspecified atom stereocenters.